The third-order valence-electron chi connectivity index (χ3n) is 3.56. The van der Waals surface area contributed by atoms with Gasteiger partial charge >= 0.3 is 0 Å². The smallest absolute Gasteiger partial charge is 0.0599 e. The van der Waals surface area contributed by atoms with Crippen LogP contribution in [0.5, 0.6) is 0 Å². The van der Waals surface area contributed by atoms with Crippen molar-refractivity contribution in [3.8, 4) is 0 Å². The molecule has 2 rings (SSSR count). The fourth-order valence-corrected chi connectivity index (χ4v) is 4.06. The molecule has 0 nitrogen and oxygen atoms in total. The minimum Gasteiger partial charge on any atom is -0.118 e. The van der Waals surface area contributed by atoms with Crippen molar-refractivity contribution in [3.63, 3.8) is 0 Å². The van der Waals surface area contributed by atoms with Crippen LogP contribution in [0, 0.1) is 5.92 Å². The van der Waals surface area contributed by atoms with Gasteiger partial charge in [-0.3, -0.25) is 0 Å². The maximum atomic E-state index is 6.57. The summed E-state index contributed by atoms with van der Waals surface area (Å²) in [7, 11) is 0. The van der Waals surface area contributed by atoms with Gasteiger partial charge in [-0.15, -0.1) is 11.6 Å². The van der Waals surface area contributed by atoms with Gasteiger partial charge in [-0.05, 0) is 36.1 Å². The summed E-state index contributed by atoms with van der Waals surface area (Å²) in [5.41, 5.74) is 1.21. The van der Waals surface area contributed by atoms with E-state index in [2.05, 4.69) is 44.0 Å². The van der Waals surface area contributed by atoms with Gasteiger partial charge < -0.3 is 0 Å². The molecule has 94 valence electrons. The van der Waals surface area contributed by atoms with E-state index >= 15 is 0 Å². The van der Waals surface area contributed by atoms with Gasteiger partial charge in [0, 0.05) is 8.95 Å². The summed E-state index contributed by atoms with van der Waals surface area (Å²) in [6.07, 6.45) is 7.99. The molecule has 1 atom stereocenters. The van der Waals surface area contributed by atoms with Crippen molar-refractivity contribution < 1.29 is 0 Å². The summed E-state index contributed by atoms with van der Waals surface area (Å²) in [5, 5.41) is 0.130. The Balaban J connectivity index is 2.02. The predicted molar refractivity (Wildman–Crippen MR) is 81.6 cm³/mol. The third-order valence-corrected chi connectivity index (χ3v) is 5.19. The van der Waals surface area contributed by atoms with Crippen molar-refractivity contribution in [2.75, 3.05) is 0 Å². The van der Waals surface area contributed by atoms with Crippen molar-refractivity contribution in [2.24, 2.45) is 5.92 Å². The first-order valence-corrected chi connectivity index (χ1v) is 8.28. The van der Waals surface area contributed by atoms with Gasteiger partial charge in [0.15, 0.2) is 0 Å². The summed E-state index contributed by atoms with van der Waals surface area (Å²) >= 11 is 13.7. The largest absolute Gasteiger partial charge is 0.118 e. The summed E-state index contributed by atoms with van der Waals surface area (Å²) in [5.74, 6) is 0.817. The molecule has 0 aromatic heterocycles. The lowest BCUT2D eigenvalue weighted by atomic mass is 9.85. The molecule has 0 bridgehead atoms. The Morgan fingerprint density at radius 1 is 1.18 bits per heavy atom. The number of hydrogen-bond acceptors (Lipinski definition) is 0. The fraction of sp³-hybridized carbons (Fsp3) is 0.571. The van der Waals surface area contributed by atoms with Crippen molar-refractivity contribution in [2.45, 2.75) is 43.9 Å². The number of hydrogen-bond donors (Lipinski definition) is 0. The molecule has 0 N–H and O–H groups in total. The van der Waals surface area contributed by atoms with Gasteiger partial charge in [0.05, 0.1) is 5.38 Å². The lowest BCUT2D eigenvalue weighted by Crippen LogP contribution is -2.09. The molecule has 1 saturated carbocycles. The Labute approximate surface area is 125 Å². The third kappa shape index (κ3) is 3.97. The standard InChI is InChI=1S/C14H17Br2Cl/c15-11-6-7-13(16)12(9-11)14(17)8-10-4-2-1-3-5-10/h6-7,9-10,14H,1-5,8H2. The molecule has 1 aromatic rings. The minimum absolute atomic E-state index is 0.130. The molecule has 0 radical (unpaired) electrons. The molecule has 1 aliphatic carbocycles. The van der Waals surface area contributed by atoms with Crippen LogP contribution in [-0.2, 0) is 0 Å². The molecule has 0 heterocycles. The van der Waals surface area contributed by atoms with Gasteiger partial charge in [-0.1, -0.05) is 64.0 Å². The van der Waals surface area contributed by atoms with E-state index in [1.165, 1.54) is 37.7 Å². The second-order valence-electron chi connectivity index (χ2n) is 4.87. The van der Waals surface area contributed by atoms with E-state index < -0.39 is 0 Å². The zero-order valence-corrected chi connectivity index (χ0v) is 13.7. The van der Waals surface area contributed by atoms with Crippen LogP contribution in [0.15, 0.2) is 27.1 Å². The average molecular weight is 381 g/mol. The highest BCUT2D eigenvalue weighted by atomic mass is 79.9. The van der Waals surface area contributed by atoms with Gasteiger partial charge in [0.25, 0.3) is 0 Å². The highest BCUT2D eigenvalue weighted by molar-refractivity contribution is 9.11. The van der Waals surface area contributed by atoms with Crippen LogP contribution in [0.25, 0.3) is 0 Å². The quantitative estimate of drug-likeness (QED) is 0.528. The number of halogens is 3. The Bertz CT molecular complexity index is 372. The zero-order valence-electron chi connectivity index (χ0n) is 9.76. The van der Waals surface area contributed by atoms with Crippen LogP contribution in [0.2, 0.25) is 0 Å². The minimum atomic E-state index is 0.130. The lowest BCUT2D eigenvalue weighted by Gasteiger charge is -2.24. The first-order chi connectivity index (χ1) is 8.16. The maximum absolute atomic E-state index is 6.57. The van der Waals surface area contributed by atoms with E-state index in [4.69, 9.17) is 11.6 Å². The first-order valence-electron chi connectivity index (χ1n) is 6.26. The number of alkyl halides is 1. The van der Waals surface area contributed by atoms with Crippen LogP contribution in [-0.4, -0.2) is 0 Å². The average Bonchev–Trinajstić information content (AvgIpc) is 2.33. The normalized spacial score (nSPS) is 19.2. The van der Waals surface area contributed by atoms with Crippen molar-refractivity contribution >= 4 is 43.5 Å². The molecule has 1 aromatic carbocycles. The summed E-state index contributed by atoms with van der Waals surface area (Å²) in [6.45, 7) is 0. The Morgan fingerprint density at radius 2 is 1.88 bits per heavy atom. The Morgan fingerprint density at radius 3 is 2.59 bits per heavy atom. The lowest BCUT2D eigenvalue weighted by molar-refractivity contribution is 0.336. The Hall–Kier alpha value is 0.470. The summed E-state index contributed by atoms with van der Waals surface area (Å²) in [6, 6.07) is 6.23. The van der Waals surface area contributed by atoms with E-state index in [1.807, 2.05) is 6.07 Å². The number of rotatable bonds is 3. The van der Waals surface area contributed by atoms with E-state index in [0.717, 1.165) is 21.3 Å². The van der Waals surface area contributed by atoms with Crippen LogP contribution >= 0.6 is 43.5 Å². The molecule has 0 amide bonds. The van der Waals surface area contributed by atoms with Crippen LogP contribution in [0.4, 0.5) is 0 Å². The molecule has 0 spiro atoms. The van der Waals surface area contributed by atoms with Gasteiger partial charge in [-0.2, -0.15) is 0 Å². The number of benzene rings is 1. The molecule has 3 heteroatoms. The Kier molecular flexibility index (Phi) is 5.38. The van der Waals surface area contributed by atoms with E-state index in [9.17, 15) is 0 Å². The SMILES string of the molecule is ClC(CC1CCCCC1)c1cc(Br)ccc1Br. The molecule has 1 aliphatic rings. The van der Waals surface area contributed by atoms with Crippen LogP contribution in [0.1, 0.15) is 49.5 Å². The molecule has 0 aliphatic heterocycles. The molecule has 1 fully saturated rings. The van der Waals surface area contributed by atoms with Crippen molar-refractivity contribution in [1.82, 2.24) is 0 Å². The van der Waals surface area contributed by atoms with E-state index in [-0.39, 0.29) is 5.38 Å². The highest BCUT2D eigenvalue weighted by Crippen LogP contribution is 2.38. The molecule has 0 saturated heterocycles. The van der Waals surface area contributed by atoms with Crippen LogP contribution < -0.4 is 0 Å². The molecular weight excluding hydrogens is 363 g/mol. The van der Waals surface area contributed by atoms with Gasteiger partial charge in [0.1, 0.15) is 0 Å². The van der Waals surface area contributed by atoms with Crippen molar-refractivity contribution in [3.05, 3.63) is 32.7 Å². The van der Waals surface area contributed by atoms with E-state index in [1.54, 1.807) is 0 Å². The van der Waals surface area contributed by atoms with E-state index in [0.29, 0.717) is 0 Å². The maximum Gasteiger partial charge on any atom is 0.0599 e. The zero-order chi connectivity index (χ0) is 12.3. The highest BCUT2D eigenvalue weighted by Gasteiger charge is 2.20. The monoisotopic (exact) mass is 378 g/mol. The van der Waals surface area contributed by atoms with Crippen LogP contribution in [0.3, 0.4) is 0 Å². The van der Waals surface area contributed by atoms with Crippen molar-refractivity contribution in [1.29, 1.82) is 0 Å². The molecule has 17 heavy (non-hydrogen) atoms. The molecule has 1 unspecified atom stereocenters. The second-order valence-corrected chi connectivity index (χ2v) is 7.17. The summed E-state index contributed by atoms with van der Waals surface area (Å²) < 4.78 is 2.22. The molecular formula is C14H17Br2Cl. The fourth-order valence-electron chi connectivity index (χ4n) is 2.60. The summed E-state index contributed by atoms with van der Waals surface area (Å²) in [4.78, 5) is 0. The predicted octanol–water partition coefficient (Wildman–Crippen LogP) is 6.46. The van der Waals surface area contributed by atoms with Gasteiger partial charge in [-0.25, -0.2) is 0 Å². The second kappa shape index (κ2) is 6.58. The topological polar surface area (TPSA) is 0 Å². The first kappa shape index (κ1) is 13.9. The van der Waals surface area contributed by atoms with Gasteiger partial charge in [0.2, 0.25) is 0 Å².